The highest BCUT2D eigenvalue weighted by molar-refractivity contribution is 5.16. The van der Waals surface area contributed by atoms with Gasteiger partial charge in [0.05, 0.1) is 0 Å². The molecule has 0 heterocycles. The molecule has 1 atom stereocenters. The maximum Gasteiger partial charge on any atom is -0.0283 e. The van der Waals surface area contributed by atoms with Gasteiger partial charge in [-0.25, -0.2) is 0 Å². The second kappa shape index (κ2) is 4.38. The van der Waals surface area contributed by atoms with Crippen molar-refractivity contribution in [2.24, 2.45) is 5.92 Å². The lowest BCUT2D eigenvalue weighted by Crippen LogP contribution is -1.88. The Bertz CT molecular complexity index is 157. The minimum atomic E-state index is 0.833. The SMILES string of the molecule is CC=CCC(C)CC=C1CC1. The number of allylic oxidation sites excluding steroid dienone is 4. The van der Waals surface area contributed by atoms with Crippen LogP contribution in [0.5, 0.6) is 0 Å². The van der Waals surface area contributed by atoms with E-state index in [2.05, 4.69) is 32.1 Å². The average Bonchev–Trinajstić information content (AvgIpc) is 2.80. The van der Waals surface area contributed by atoms with Crippen LogP contribution < -0.4 is 0 Å². The maximum atomic E-state index is 2.42. The van der Waals surface area contributed by atoms with Crippen LogP contribution in [0, 0.1) is 5.92 Å². The summed E-state index contributed by atoms with van der Waals surface area (Å²) in [6.45, 7) is 4.41. The van der Waals surface area contributed by atoms with E-state index >= 15 is 0 Å². The summed E-state index contributed by atoms with van der Waals surface area (Å²) in [6, 6.07) is 0. The zero-order valence-corrected chi connectivity index (χ0v) is 7.64. The Morgan fingerprint density at radius 2 is 2.09 bits per heavy atom. The summed E-state index contributed by atoms with van der Waals surface area (Å²) >= 11 is 0. The molecule has 0 aliphatic heterocycles. The van der Waals surface area contributed by atoms with Gasteiger partial charge < -0.3 is 0 Å². The van der Waals surface area contributed by atoms with E-state index in [1.54, 1.807) is 5.57 Å². The van der Waals surface area contributed by atoms with Gasteiger partial charge in [-0.1, -0.05) is 30.7 Å². The predicted octanol–water partition coefficient (Wildman–Crippen LogP) is 3.70. The van der Waals surface area contributed by atoms with Crippen LogP contribution in [0.3, 0.4) is 0 Å². The molecule has 1 saturated carbocycles. The zero-order valence-electron chi connectivity index (χ0n) is 7.64. The third-order valence-corrected chi connectivity index (χ3v) is 2.12. The van der Waals surface area contributed by atoms with Crippen molar-refractivity contribution in [2.45, 2.75) is 39.5 Å². The Kier molecular flexibility index (Phi) is 3.41. The van der Waals surface area contributed by atoms with Crippen LogP contribution in [0.4, 0.5) is 0 Å². The highest BCUT2D eigenvalue weighted by atomic mass is 14.2. The minimum absolute atomic E-state index is 0.833. The Morgan fingerprint density at radius 3 is 2.64 bits per heavy atom. The van der Waals surface area contributed by atoms with Gasteiger partial charge in [0.2, 0.25) is 0 Å². The fraction of sp³-hybridized carbons (Fsp3) is 0.636. The molecule has 1 rings (SSSR count). The van der Waals surface area contributed by atoms with Gasteiger partial charge in [-0.15, -0.1) is 0 Å². The molecule has 1 aliphatic rings. The fourth-order valence-electron chi connectivity index (χ4n) is 1.11. The lowest BCUT2D eigenvalue weighted by Gasteiger charge is -2.02. The quantitative estimate of drug-likeness (QED) is 0.536. The smallest absolute Gasteiger partial charge is 0.0283 e. The van der Waals surface area contributed by atoms with E-state index in [0.29, 0.717) is 0 Å². The van der Waals surface area contributed by atoms with Crippen molar-refractivity contribution >= 4 is 0 Å². The molecular formula is C11H18. The van der Waals surface area contributed by atoms with Crippen LogP contribution in [0.15, 0.2) is 23.8 Å². The first kappa shape index (κ1) is 8.58. The van der Waals surface area contributed by atoms with Crippen LogP contribution in [-0.2, 0) is 0 Å². The van der Waals surface area contributed by atoms with E-state index in [0.717, 1.165) is 5.92 Å². The molecule has 1 unspecified atom stereocenters. The summed E-state index contributed by atoms with van der Waals surface area (Å²) < 4.78 is 0. The van der Waals surface area contributed by atoms with Gasteiger partial charge in [0.1, 0.15) is 0 Å². The first-order valence-corrected chi connectivity index (χ1v) is 4.62. The van der Waals surface area contributed by atoms with Gasteiger partial charge in [0.25, 0.3) is 0 Å². The van der Waals surface area contributed by atoms with Crippen LogP contribution in [-0.4, -0.2) is 0 Å². The monoisotopic (exact) mass is 150 g/mol. The van der Waals surface area contributed by atoms with Gasteiger partial charge in [0.15, 0.2) is 0 Å². The van der Waals surface area contributed by atoms with Gasteiger partial charge in [-0.3, -0.25) is 0 Å². The lowest BCUT2D eigenvalue weighted by atomic mass is 10.0. The van der Waals surface area contributed by atoms with Gasteiger partial charge in [0, 0.05) is 0 Å². The molecule has 0 bridgehead atoms. The van der Waals surface area contributed by atoms with Crippen LogP contribution in [0.25, 0.3) is 0 Å². The van der Waals surface area contributed by atoms with E-state index in [-0.39, 0.29) is 0 Å². The van der Waals surface area contributed by atoms with Crippen LogP contribution in [0.2, 0.25) is 0 Å². The minimum Gasteiger partial charge on any atom is -0.0917 e. The highest BCUT2D eigenvalue weighted by Gasteiger charge is 2.10. The molecule has 62 valence electrons. The van der Waals surface area contributed by atoms with Crippen LogP contribution >= 0.6 is 0 Å². The molecule has 0 aromatic carbocycles. The molecule has 0 spiro atoms. The van der Waals surface area contributed by atoms with Crippen molar-refractivity contribution < 1.29 is 0 Å². The second-order valence-corrected chi connectivity index (χ2v) is 3.51. The standard InChI is InChI=1S/C11H18/c1-3-4-5-10(2)6-7-11-8-9-11/h3-4,7,10H,5-6,8-9H2,1-2H3. The van der Waals surface area contributed by atoms with Gasteiger partial charge in [-0.05, 0) is 38.5 Å². The molecule has 0 N–H and O–H groups in total. The van der Waals surface area contributed by atoms with E-state index in [9.17, 15) is 0 Å². The summed E-state index contributed by atoms with van der Waals surface area (Å²) in [4.78, 5) is 0. The number of hydrogen-bond donors (Lipinski definition) is 0. The highest BCUT2D eigenvalue weighted by Crippen LogP contribution is 2.29. The predicted molar refractivity (Wildman–Crippen MR) is 50.5 cm³/mol. The van der Waals surface area contributed by atoms with Gasteiger partial charge in [-0.2, -0.15) is 0 Å². The summed E-state index contributed by atoms with van der Waals surface area (Å²) in [6.07, 6.45) is 12.1. The van der Waals surface area contributed by atoms with E-state index in [4.69, 9.17) is 0 Å². The first-order chi connectivity index (χ1) is 5.33. The largest absolute Gasteiger partial charge is 0.0917 e. The Hall–Kier alpha value is -0.520. The Morgan fingerprint density at radius 1 is 1.36 bits per heavy atom. The summed E-state index contributed by atoms with van der Waals surface area (Å²) in [5.74, 6) is 0.833. The molecule has 0 saturated heterocycles. The molecular weight excluding hydrogens is 132 g/mol. The molecule has 0 heteroatoms. The van der Waals surface area contributed by atoms with Crippen molar-refractivity contribution in [3.05, 3.63) is 23.8 Å². The third kappa shape index (κ3) is 4.02. The molecule has 0 aromatic rings. The summed E-state index contributed by atoms with van der Waals surface area (Å²) in [5.41, 5.74) is 1.68. The molecule has 11 heavy (non-hydrogen) atoms. The van der Waals surface area contributed by atoms with Gasteiger partial charge >= 0.3 is 0 Å². The molecule has 1 aliphatic carbocycles. The normalized spacial score (nSPS) is 18.9. The van der Waals surface area contributed by atoms with Crippen molar-refractivity contribution in [1.82, 2.24) is 0 Å². The third-order valence-electron chi connectivity index (χ3n) is 2.12. The van der Waals surface area contributed by atoms with Crippen molar-refractivity contribution in [3.63, 3.8) is 0 Å². The Balaban J connectivity index is 2.09. The van der Waals surface area contributed by atoms with E-state index < -0.39 is 0 Å². The van der Waals surface area contributed by atoms with E-state index in [1.807, 2.05) is 0 Å². The van der Waals surface area contributed by atoms with Crippen LogP contribution in [0.1, 0.15) is 39.5 Å². The van der Waals surface area contributed by atoms with Crippen molar-refractivity contribution in [3.8, 4) is 0 Å². The zero-order chi connectivity index (χ0) is 8.10. The molecule has 0 amide bonds. The van der Waals surface area contributed by atoms with Crippen molar-refractivity contribution in [1.29, 1.82) is 0 Å². The first-order valence-electron chi connectivity index (χ1n) is 4.62. The summed E-state index contributed by atoms with van der Waals surface area (Å²) in [7, 11) is 0. The number of rotatable bonds is 4. The summed E-state index contributed by atoms with van der Waals surface area (Å²) in [5, 5.41) is 0. The Labute approximate surface area is 70.0 Å². The second-order valence-electron chi connectivity index (χ2n) is 3.51. The molecule has 0 nitrogen and oxygen atoms in total. The molecule has 1 fully saturated rings. The average molecular weight is 150 g/mol. The topological polar surface area (TPSA) is 0 Å². The maximum absolute atomic E-state index is 2.42. The lowest BCUT2D eigenvalue weighted by molar-refractivity contribution is 0.602. The van der Waals surface area contributed by atoms with E-state index in [1.165, 1.54) is 25.7 Å². The van der Waals surface area contributed by atoms with Crippen molar-refractivity contribution in [2.75, 3.05) is 0 Å². The number of hydrogen-bond acceptors (Lipinski definition) is 0. The molecule has 0 aromatic heterocycles. The molecule has 0 radical (unpaired) electrons. The fourth-order valence-corrected chi connectivity index (χ4v) is 1.11.